The highest BCUT2D eigenvalue weighted by Crippen LogP contribution is 2.42. The molecule has 4 rings (SSSR count). The van der Waals surface area contributed by atoms with E-state index in [0.29, 0.717) is 33.5 Å². The number of Topliss-reactive ketones (excluding diaryl/α,β-unsaturated/α-hetero) is 1. The fourth-order valence-electron chi connectivity index (χ4n) is 3.43. The van der Waals surface area contributed by atoms with Gasteiger partial charge in [0.05, 0.1) is 30.7 Å². The van der Waals surface area contributed by atoms with Crippen LogP contribution in [0.1, 0.15) is 32.5 Å². The predicted molar refractivity (Wildman–Crippen MR) is 107 cm³/mol. The molecular weight excluding hydrogens is 378 g/mol. The zero-order valence-corrected chi connectivity index (χ0v) is 16.5. The van der Waals surface area contributed by atoms with Crippen molar-refractivity contribution in [2.75, 3.05) is 19.5 Å². The molecule has 0 bridgehead atoms. The van der Waals surface area contributed by atoms with Crippen molar-refractivity contribution in [2.24, 2.45) is 0 Å². The molecule has 144 valence electrons. The molecule has 2 N–H and O–H groups in total. The number of benzene rings is 1. The number of aromatic amines is 1. The van der Waals surface area contributed by atoms with Crippen LogP contribution in [0.15, 0.2) is 30.3 Å². The Kier molecular flexibility index (Phi) is 4.64. The highest BCUT2D eigenvalue weighted by atomic mass is 32.1. The summed E-state index contributed by atoms with van der Waals surface area (Å²) in [5.41, 5.74) is 2.17. The van der Waals surface area contributed by atoms with Gasteiger partial charge in [0, 0.05) is 22.4 Å². The first-order valence-corrected chi connectivity index (χ1v) is 9.54. The van der Waals surface area contributed by atoms with Crippen LogP contribution in [-0.4, -0.2) is 36.1 Å². The lowest BCUT2D eigenvalue weighted by Gasteiger charge is -2.21. The third-order valence-corrected chi connectivity index (χ3v) is 5.79. The Bertz CT molecular complexity index is 1070. The summed E-state index contributed by atoms with van der Waals surface area (Å²) >= 11 is 1.43. The molecule has 1 aliphatic heterocycles. The van der Waals surface area contributed by atoms with Crippen LogP contribution in [0, 0.1) is 6.92 Å². The Morgan fingerprint density at radius 3 is 2.64 bits per heavy atom. The smallest absolute Gasteiger partial charge is 0.226 e. The van der Waals surface area contributed by atoms with Crippen LogP contribution < -0.4 is 14.8 Å². The molecule has 0 radical (unpaired) electrons. The summed E-state index contributed by atoms with van der Waals surface area (Å²) in [7, 11) is 3.14. The van der Waals surface area contributed by atoms with Gasteiger partial charge in [-0.2, -0.15) is 5.10 Å². The van der Waals surface area contributed by atoms with Crippen molar-refractivity contribution in [3.63, 3.8) is 0 Å². The summed E-state index contributed by atoms with van der Waals surface area (Å²) < 4.78 is 10.7. The van der Waals surface area contributed by atoms with Gasteiger partial charge < -0.3 is 14.8 Å². The van der Waals surface area contributed by atoms with Crippen molar-refractivity contribution in [1.82, 2.24) is 10.2 Å². The number of rotatable bonds is 5. The van der Waals surface area contributed by atoms with E-state index in [4.69, 9.17) is 9.47 Å². The number of thiophene rings is 1. The van der Waals surface area contributed by atoms with Crippen LogP contribution in [0.3, 0.4) is 0 Å². The van der Waals surface area contributed by atoms with Crippen LogP contribution in [0.5, 0.6) is 11.5 Å². The molecule has 1 amide bonds. The zero-order chi connectivity index (χ0) is 19.8. The molecule has 8 heteroatoms. The summed E-state index contributed by atoms with van der Waals surface area (Å²) in [6.45, 7) is 1.95. The van der Waals surface area contributed by atoms with Gasteiger partial charge in [0.1, 0.15) is 0 Å². The summed E-state index contributed by atoms with van der Waals surface area (Å²) in [6, 6.07) is 9.20. The molecule has 3 aromatic rings. The number of ketones is 1. The Morgan fingerprint density at radius 2 is 1.96 bits per heavy atom. The van der Waals surface area contributed by atoms with Gasteiger partial charge in [-0.25, -0.2) is 0 Å². The average Bonchev–Trinajstić information content (AvgIpc) is 3.32. The molecular formula is C20H19N3O4S. The fourth-order valence-corrected chi connectivity index (χ4v) is 4.29. The number of H-pyrrole nitrogens is 1. The number of ether oxygens (including phenoxy) is 2. The molecule has 2 aromatic heterocycles. The molecule has 0 aliphatic carbocycles. The van der Waals surface area contributed by atoms with Crippen molar-refractivity contribution in [1.29, 1.82) is 0 Å². The van der Waals surface area contributed by atoms with Crippen LogP contribution in [-0.2, 0) is 4.79 Å². The molecule has 1 atom stereocenters. The second-order valence-corrected chi connectivity index (χ2v) is 7.80. The number of carbonyl (C=O) groups is 2. The molecule has 0 saturated heterocycles. The van der Waals surface area contributed by atoms with E-state index in [1.165, 1.54) is 11.3 Å². The Hall–Kier alpha value is -3.13. The minimum absolute atomic E-state index is 0.0719. The molecule has 1 aromatic carbocycles. The lowest BCUT2D eigenvalue weighted by Crippen LogP contribution is -2.27. The zero-order valence-electron chi connectivity index (χ0n) is 15.7. The molecule has 1 aliphatic rings. The van der Waals surface area contributed by atoms with Gasteiger partial charge in [-0.15, -0.1) is 11.3 Å². The van der Waals surface area contributed by atoms with E-state index in [-0.39, 0.29) is 18.1 Å². The maximum absolute atomic E-state index is 13.2. The van der Waals surface area contributed by atoms with E-state index < -0.39 is 5.92 Å². The average molecular weight is 397 g/mol. The van der Waals surface area contributed by atoms with E-state index in [0.717, 1.165) is 10.4 Å². The van der Waals surface area contributed by atoms with E-state index in [1.54, 1.807) is 20.3 Å². The molecule has 0 spiro atoms. The molecule has 0 unspecified atom stereocenters. The Morgan fingerprint density at radius 1 is 1.18 bits per heavy atom. The summed E-state index contributed by atoms with van der Waals surface area (Å²) in [5, 5.41) is 9.97. The second kappa shape index (κ2) is 7.12. The van der Waals surface area contributed by atoms with Crippen LogP contribution >= 0.6 is 11.3 Å². The van der Waals surface area contributed by atoms with Gasteiger partial charge in [0.15, 0.2) is 23.1 Å². The van der Waals surface area contributed by atoms with Gasteiger partial charge >= 0.3 is 0 Å². The maximum atomic E-state index is 13.2. The summed E-state index contributed by atoms with van der Waals surface area (Å²) in [5.74, 6) is 0.688. The number of amides is 1. The van der Waals surface area contributed by atoms with Crippen molar-refractivity contribution in [3.05, 3.63) is 45.6 Å². The van der Waals surface area contributed by atoms with Crippen molar-refractivity contribution in [2.45, 2.75) is 19.3 Å². The van der Waals surface area contributed by atoms with E-state index in [9.17, 15) is 9.59 Å². The molecule has 7 nitrogen and oxygen atoms in total. The molecule has 3 heterocycles. The molecule has 0 saturated carbocycles. The number of nitrogens with zero attached hydrogens (tertiary/aromatic N) is 1. The van der Waals surface area contributed by atoms with Gasteiger partial charge in [-0.05, 0) is 37.3 Å². The van der Waals surface area contributed by atoms with E-state index in [1.807, 2.05) is 31.2 Å². The topological polar surface area (TPSA) is 93.3 Å². The van der Waals surface area contributed by atoms with Crippen molar-refractivity contribution < 1.29 is 19.1 Å². The number of carbonyl (C=O) groups excluding carboxylic acids is 2. The highest BCUT2D eigenvalue weighted by molar-refractivity contribution is 7.14. The van der Waals surface area contributed by atoms with Crippen LogP contribution in [0.25, 0.3) is 11.3 Å². The third kappa shape index (κ3) is 3.05. The lowest BCUT2D eigenvalue weighted by molar-refractivity contribution is -0.116. The fraction of sp³-hybridized carbons (Fsp3) is 0.250. The SMILES string of the molecule is COc1ccc(-c2[nH]nc3c2[C@@H](C(=O)c2ccc(C)s2)CC(=O)N3)cc1OC. The second-order valence-electron chi connectivity index (χ2n) is 6.51. The number of hydrogen-bond donors (Lipinski definition) is 2. The first-order valence-electron chi connectivity index (χ1n) is 8.73. The number of fused-ring (bicyclic) bond motifs is 1. The first-order chi connectivity index (χ1) is 13.5. The minimum Gasteiger partial charge on any atom is -0.493 e. The standard InChI is InChI=1S/C20H19N3O4S/c1-10-4-7-15(28-10)19(25)12-9-16(24)21-20-17(12)18(22-23-20)11-5-6-13(26-2)14(8-11)27-3/h4-8,12H,9H2,1-3H3,(H2,21,22,23,24)/t12-/m0/s1. The molecule has 28 heavy (non-hydrogen) atoms. The minimum atomic E-state index is -0.594. The van der Waals surface area contributed by atoms with Gasteiger partial charge in [0.25, 0.3) is 0 Å². The summed E-state index contributed by atoms with van der Waals surface area (Å²) in [6.07, 6.45) is 0.0859. The number of aryl methyl sites for hydroxylation is 1. The van der Waals surface area contributed by atoms with Crippen LogP contribution in [0.4, 0.5) is 5.82 Å². The highest BCUT2D eigenvalue weighted by Gasteiger charge is 2.36. The monoisotopic (exact) mass is 397 g/mol. The van der Waals surface area contributed by atoms with Gasteiger partial charge in [-0.1, -0.05) is 0 Å². The number of aromatic nitrogens is 2. The largest absolute Gasteiger partial charge is 0.493 e. The quantitative estimate of drug-likeness (QED) is 0.639. The first kappa shape index (κ1) is 18.2. The predicted octanol–water partition coefficient (Wildman–Crippen LogP) is 3.77. The number of nitrogens with one attached hydrogen (secondary N) is 2. The van der Waals surface area contributed by atoms with Crippen molar-refractivity contribution in [3.8, 4) is 22.8 Å². The third-order valence-electron chi connectivity index (χ3n) is 4.77. The normalized spacial score (nSPS) is 15.7. The molecule has 0 fully saturated rings. The van der Waals surface area contributed by atoms with Crippen molar-refractivity contribution >= 4 is 28.8 Å². The summed E-state index contributed by atoms with van der Waals surface area (Å²) in [4.78, 5) is 27.0. The lowest BCUT2D eigenvalue weighted by atomic mass is 9.86. The maximum Gasteiger partial charge on any atom is 0.226 e. The Labute approximate surface area is 165 Å². The van der Waals surface area contributed by atoms with Gasteiger partial charge in [-0.3, -0.25) is 14.7 Å². The number of methoxy groups -OCH3 is 2. The van der Waals surface area contributed by atoms with Crippen LogP contribution in [0.2, 0.25) is 0 Å². The number of anilines is 1. The Balaban J connectivity index is 1.81. The van der Waals surface area contributed by atoms with E-state index in [2.05, 4.69) is 15.5 Å². The number of hydrogen-bond acceptors (Lipinski definition) is 6. The van der Waals surface area contributed by atoms with E-state index >= 15 is 0 Å². The van der Waals surface area contributed by atoms with Gasteiger partial charge in [0.2, 0.25) is 5.91 Å².